The molecular weight excluding hydrogens is 197 g/mol. The van der Waals surface area contributed by atoms with Gasteiger partial charge in [-0.05, 0) is 6.42 Å². The minimum absolute atomic E-state index is 0. The molecular formula is C8H8KNO3. The molecule has 4 nitrogen and oxygen atoms in total. The van der Waals surface area contributed by atoms with Crippen LogP contribution in [0.25, 0.3) is 0 Å². The molecule has 0 atom stereocenters. The van der Waals surface area contributed by atoms with Gasteiger partial charge in [-0.3, -0.25) is 10.1 Å². The molecule has 0 aliphatic rings. The van der Waals surface area contributed by atoms with Crippen LogP contribution in [0.1, 0.15) is 12.5 Å². The summed E-state index contributed by atoms with van der Waals surface area (Å²) in [5, 5.41) is 21.2. The quantitative estimate of drug-likeness (QED) is 0.326. The van der Waals surface area contributed by atoms with Gasteiger partial charge >= 0.3 is 51.4 Å². The van der Waals surface area contributed by atoms with Gasteiger partial charge in [0.1, 0.15) is 0 Å². The number of nitro benzene ring substituents is 1. The van der Waals surface area contributed by atoms with Crippen LogP contribution in [-0.2, 0) is 6.42 Å². The molecule has 0 amide bonds. The molecule has 0 fully saturated rings. The van der Waals surface area contributed by atoms with E-state index in [1.165, 1.54) is 18.2 Å². The minimum Gasteiger partial charge on any atom is -0.872 e. The summed E-state index contributed by atoms with van der Waals surface area (Å²) in [5.74, 6) is -0.183. The number of aryl methyl sites for hydroxylation is 1. The first-order valence-corrected chi connectivity index (χ1v) is 3.59. The largest absolute Gasteiger partial charge is 1.00 e. The third kappa shape index (κ3) is 3.36. The van der Waals surface area contributed by atoms with Crippen LogP contribution in [0.2, 0.25) is 0 Å². The van der Waals surface area contributed by atoms with E-state index in [4.69, 9.17) is 0 Å². The van der Waals surface area contributed by atoms with Crippen LogP contribution in [0.4, 0.5) is 5.69 Å². The van der Waals surface area contributed by atoms with E-state index in [9.17, 15) is 15.2 Å². The van der Waals surface area contributed by atoms with E-state index < -0.39 is 4.92 Å². The van der Waals surface area contributed by atoms with Gasteiger partial charge in [-0.1, -0.05) is 19.1 Å². The van der Waals surface area contributed by atoms with Crippen molar-refractivity contribution in [1.82, 2.24) is 0 Å². The fourth-order valence-corrected chi connectivity index (χ4v) is 1.02. The third-order valence-corrected chi connectivity index (χ3v) is 1.63. The maximum absolute atomic E-state index is 10.8. The van der Waals surface area contributed by atoms with E-state index in [2.05, 4.69) is 0 Å². The standard InChI is InChI=1S/C8H9NO3.K/c1-2-6-5-7(10)3-4-8(6)9(11)12;/h3-5,10H,2H2,1H3;/q;+1/p-1. The molecule has 0 unspecified atom stereocenters. The van der Waals surface area contributed by atoms with Crippen molar-refractivity contribution in [2.75, 3.05) is 0 Å². The van der Waals surface area contributed by atoms with Gasteiger partial charge in [0, 0.05) is 11.6 Å². The Morgan fingerprint density at radius 1 is 1.46 bits per heavy atom. The number of nitro groups is 1. The molecule has 0 heterocycles. The smallest absolute Gasteiger partial charge is 0.872 e. The van der Waals surface area contributed by atoms with Gasteiger partial charge in [-0.25, -0.2) is 0 Å². The molecule has 0 aliphatic carbocycles. The van der Waals surface area contributed by atoms with E-state index in [1.54, 1.807) is 6.92 Å². The van der Waals surface area contributed by atoms with Crippen LogP contribution in [0.3, 0.4) is 0 Å². The van der Waals surface area contributed by atoms with Crippen molar-refractivity contribution in [3.05, 3.63) is 33.9 Å². The van der Waals surface area contributed by atoms with Gasteiger partial charge < -0.3 is 5.11 Å². The molecule has 0 saturated carbocycles. The van der Waals surface area contributed by atoms with Crippen molar-refractivity contribution in [2.45, 2.75) is 13.3 Å². The second-order valence-electron chi connectivity index (χ2n) is 2.40. The average molecular weight is 205 g/mol. The summed E-state index contributed by atoms with van der Waals surface area (Å²) >= 11 is 0. The van der Waals surface area contributed by atoms with Crippen molar-refractivity contribution in [3.8, 4) is 5.75 Å². The van der Waals surface area contributed by atoms with Crippen molar-refractivity contribution in [2.24, 2.45) is 0 Å². The SMILES string of the molecule is CCc1cc([O-])ccc1[N+](=O)[O-].[K+]. The number of hydrogen-bond acceptors (Lipinski definition) is 3. The zero-order chi connectivity index (χ0) is 9.14. The molecule has 0 saturated heterocycles. The summed E-state index contributed by atoms with van der Waals surface area (Å²) in [4.78, 5) is 9.92. The normalized spacial score (nSPS) is 9.00. The maximum Gasteiger partial charge on any atom is 1.00 e. The van der Waals surface area contributed by atoms with E-state index >= 15 is 0 Å². The summed E-state index contributed by atoms with van der Waals surface area (Å²) in [6.45, 7) is 1.78. The number of benzene rings is 1. The Morgan fingerprint density at radius 3 is 2.54 bits per heavy atom. The monoisotopic (exact) mass is 205 g/mol. The molecule has 1 rings (SSSR count). The van der Waals surface area contributed by atoms with Crippen molar-refractivity contribution >= 4 is 5.69 Å². The Labute approximate surface area is 119 Å². The van der Waals surface area contributed by atoms with Crippen molar-refractivity contribution < 1.29 is 61.4 Å². The van der Waals surface area contributed by atoms with Gasteiger partial charge in [-0.2, -0.15) is 0 Å². The van der Waals surface area contributed by atoms with Crippen molar-refractivity contribution in [3.63, 3.8) is 0 Å². The second kappa shape index (κ2) is 5.72. The summed E-state index contributed by atoms with van der Waals surface area (Å²) in [5.41, 5.74) is 0.518. The summed E-state index contributed by atoms with van der Waals surface area (Å²) in [7, 11) is 0. The maximum atomic E-state index is 10.8. The predicted octanol–water partition coefficient (Wildman–Crippen LogP) is -1.77. The summed E-state index contributed by atoms with van der Waals surface area (Å²) < 4.78 is 0. The fraction of sp³-hybridized carbons (Fsp3) is 0.250. The van der Waals surface area contributed by atoms with Gasteiger partial charge in [-0.15, -0.1) is 5.75 Å². The molecule has 0 bridgehead atoms. The van der Waals surface area contributed by atoms with Crippen LogP contribution in [0.5, 0.6) is 5.75 Å². The first-order chi connectivity index (χ1) is 5.65. The molecule has 0 spiro atoms. The average Bonchev–Trinajstić information content (AvgIpc) is 2.03. The molecule has 0 aromatic heterocycles. The first kappa shape index (κ1) is 13.1. The predicted molar refractivity (Wildman–Crippen MR) is 41.9 cm³/mol. The number of nitrogens with zero attached hydrogens (tertiary/aromatic N) is 1. The Hall–Kier alpha value is 0.0564. The molecule has 1 aromatic carbocycles. The Morgan fingerprint density at radius 2 is 2.08 bits per heavy atom. The fourth-order valence-electron chi connectivity index (χ4n) is 1.02. The van der Waals surface area contributed by atoms with E-state index in [0.717, 1.165) is 0 Å². The third-order valence-electron chi connectivity index (χ3n) is 1.63. The Kier molecular flexibility index (Phi) is 5.74. The topological polar surface area (TPSA) is 66.2 Å². The number of rotatable bonds is 2. The molecule has 0 N–H and O–H groups in total. The number of hydrogen-bond donors (Lipinski definition) is 0. The van der Waals surface area contributed by atoms with Crippen LogP contribution < -0.4 is 56.5 Å². The zero-order valence-corrected chi connectivity index (χ0v) is 10.7. The van der Waals surface area contributed by atoms with E-state index in [-0.39, 0.29) is 62.8 Å². The Balaban J connectivity index is 0.00000144. The first-order valence-electron chi connectivity index (χ1n) is 3.59. The molecule has 5 heteroatoms. The van der Waals surface area contributed by atoms with E-state index in [0.29, 0.717) is 12.0 Å². The second-order valence-corrected chi connectivity index (χ2v) is 2.40. The summed E-state index contributed by atoms with van der Waals surface area (Å²) in [6.07, 6.45) is 0.506. The molecule has 0 radical (unpaired) electrons. The van der Waals surface area contributed by atoms with Crippen LogP contribution in [-0.4, -0.2) is 4.92 Å². The van der Waals surface area contributed by atoms with Crippen LogP contribution in [0.15, 0.2) is 18.2 Å². The molecule has 1 aromatic rings. The molecule has 64 valence electrons. The molecule has 0 aliphatic heterocycles. The van der Waals surface area contributed by atoms with Gasteiger partial charge in [0.15, 0.2) is 0 Å². The van der Waals surface area contributed by atoms with Crippen LogP contribution in [0, 0.1) is 10.1 Å². The van der Waals surface area contributed by atoms with Crippen molar-refractivity contribution in [1.29, 1.82) is 0 Å². The minimum atomic E-state index is -0.474. The van der Waals surface area contributed by atoms with Gasteiger partial charge in [0.05, 0.1) is 4.92 Å². The molecule has 13 heavy (non-hydrogen) atoms. The van der Waals surface area contributed by atoms with E-state index in [1.807, 2.05) is 0 Å². The Bertz CT molecular complexity index is 314. The zero-order valence-electron chi connectivity index (χ0n) is 7.61. The van der Waals surface area contributed by atoms with Gasteiger partial charge in [0.25, 0.3) is 5.69 Å². The van der Waals surface area contributed by atoms with Gasteiger partial charge in [0.2, 0.25) is 0 Å². The van der Waals surface area contributed by atoms with Crippen LogP contribution >= 0.6 is 0 Å². The summed E-state index contributed by atoms with van der Waals surface area (Å²) in [6, 6.07) is 3.76.